The molecular formula is C11H8N2O4S2. The Morgan fingerprint density at radius 3 is 2.58 bits per heavy atom. The van der Waals surface area contributed by atoms with Crippen molar-refractivity contribution in [2.75, 3.05) is 0 Å². The standard InChI is InChI=1S/C11H8N2O4S2/c14-12(15)8-3-5-9(13(16)17)10(6-4-8)19-11-2-1-7-18-11/h1-4,6-7H,5H2. The molecule has 1 aliphatic carbocycles. The van der Waals surface area contributed by atoms with Crippen LogP contribution in [0, 0.1) is 20.2 Å². The lowest BCUT2D eigenvalue weighted by atomic mass is 10.3. The molecule has 6 nitrogen and oxygen atoms in total. The number of nitro groups is 2. The van der Waals surface area contributed by atoms with Crippen LogP contribution < -0.4 is 0 Å². The highest BCUT2D eigenvalue weighted by Gasteiger charge is 2.22. The first-order valence-corrected chi connectivity index (χ1v) is 6.89. The summed E-state index contributed by atoms with van der Waals surface area (Å²) in [5.41, 5.74) is -0.146. The van der Waals surface area contributed by atoms with Crippen LogP contribution in [0.15, 0.2) is 56.2 Å². The summed E-state index contributed by atoms with van der Waals surface area (Å²) in [6.45, 7) is 0. The monoisotopic (exact) mass is 296 g/mol. The average molecular weight is 296 g/mol. The first-order valence-electron chi connectivity index (χ1n) is 5.19. The van der Waals surface area contributed by atoms with Gasteiger partial charge in [0.2, 0.25) is 0 Å². The third kappa shape index (κ3) is 3.30. The molecule has 0 saturated carbocycles. The van der Waals surface area contributed by atoms with Gasteiger partial charge in [0.25, 0.3) is 11.4 Å². The maximum absolute atomic E-state index is 11.0. The molecule has 0 unspecified atom stereocenters. The van der Waals surface area contributed by atoms with Crippen LogP contribution in [0.1, 0.15) is 6.42 Å². The van der Waals surface area contributed by atoms with E-state index in [1.54, 1.807) is 0 Å². The molecule has 0 radical (unpaired) electrons. The van der Waals surface area contributed by atoms with Gasteiger partial charge in [0.15, 0.2) is 0 Å². The minimum atomic E-state index is -0.549. The highest BCUT2D eigenvalue weighted by atomic mass is 32.2. The fourth-order valence-corrected chi connectivity index (χ4v) is 3.30. The second kappa shape index (κ2) is 5.81. The largest absolute Gasteiger partial charge is 0.266 e. The minimum absolute atomic E-state index is 0.0218. The zero-order valence-corrected chi connectivity index (χ0v) is 11.1. The molecular weight excluding hydrogens is 288 g/mol. The molecule has 1 aliphatic rings. The smallest absolute Gasteiger partial charge is 0.259 e. The molecule has 0 atom stereocenters. The van der Waals surface area contributed by atoms with Crippen LogP contribution in [0.5, 0.6) is 0 Å². The van der Waals surface area contributed by atoms with Gasteiger partial charge in [0.1, 0.15) is 0 Å². The van der Waals surface area contributed by atoms with Gasteiger partial charge in [0, 0.05) is 12.2 Å². The second-order valence-electron chi connectivity index (χ2n) is 3.53. The van der Waals surface area contributed by atoms with E-state index in [9.17, 15) is 20.2 Å². The summed E-state index contributed by atoms with van der Waals surface area (Å²) >= 11 is 2.71. The molecule has 98 valence electrons. The fourth-order valence-electron chi connectivity index (χ4n) is 1.45. The molecule has 0 amide bonds. The summed E-state index contributed by atoms with van der Waals surface area (Å²) in [7, 11) is 0. The van der Waals surface area contributed by atoms with Crippen molar-refractivity contribution in [3.63, 3.8) is 0 Å². The van der Waals surface area contributed by atoms with E-state index < -0.39 is 9.85 Å². The van der Waals surface area contributed by atoms with E-state index >= 15 is 0 Å². The van der Waals surface area contributed by atoms with Crippen molar-refractivity contribution in [3.05, 3.63) is 72.3 Å². The average Bonchev–Trinajstić information content (AvgIpc) is 2.74. The van der Waals surface area contributed by atoms with Gasteiger partial charge in [-0.2, -0.15) is 0 Å². The van der Waals surface area contributed by atoms with E-state index in [-0.39, 0.29) is 17.8 Å². The first-order chi connectivity index (χ1) is 9.08. The summed E-state index contributed by atoms with van der Waals surface area (Å²) in [6, 6.07) is 3.70. The van der Waals surface area contributed by atoms with Gasteiger partial charge in [-0.1, -0.05) is 17.8 Å². The Kier molecular flexibility index (Phi) is 4.13. The molecule has 0 fully saturated rings. The van der Waals surface area contributed by atoms with Gasteiger partial charge in [-0.25, -0.2) is 0 Å². The summed E-state index contributed by atoms with van der Waals surface area (Å²) < 4.78 is 0.906. The van der Waals surface area contributed by atoms with Crippen LogP contribution in [0.4, 0.5) is 0 Å². The van der Waals surface area contributed by atoms with Crippen LogP contribution in [0.3, 0.4) is 0 Å². The fraction of sp³-hybridized carbons (Fsp3) is 0.0909. The van der Waals surface area contributed by atoms with E-state index in [0.29, 0.717) is 4.91 Å². The normalized spacial score (nSPS) is 15.1. The van der Waals surface area contributed by atoms with E-state index in [2.05, 4.69) is 0 Å². The molecule has 1 heterocycles. The third-order valence-electron chi connectivity index (χ3n) is 2.33. The zero-order chi connectivity index (χ0) is 13.8. The lowest BCUT2D eigenvalue weighted by Gasteiger charge is -2.00. The zero-order valence-electron chi connectivity index (χ0n) is 9.52. The van der Waals surface area contributed by atoms with E-state index in [0.717, 1.165) is 4.21 Å². The van der Waals surface area contributed by atoms with Crippen LogP contribution >= 0.6 is 23.1 Å². The number of nitrogens with zero attached hydrogens (tertiary/aromatic N) is 2. The molecule has 19 heavy (non-hydrogen) atoms. The Morgan fingerprint density at radius 1 is 1.21 bits per heavy atom. The summed E-state index contributed by atoms with van der Waals surface area (Å²) in [5, 5.41) is 23.6. The SMILES string of the molecule is O=[N+]([O-])C1=CCC([N+](=O)[O-])=C(Sc2cccs2)C=C1. The first kappa shape index (κ1) is 13.5. The van der Waals surface area contributed by atoms with Gasteiger partial charge >= 0.3 is 0 Å². The summed E-state index contributed by atoms with van der Waals surface area (Å²) in [6.07, 6.45) is 3.94. The van der Waals surface area contributed by atoms with Crippen molar-refractivity contribution in [3.8, 4) is 0 Å². The Morgan fingerprint density at radius 2 is 2.00 bits per heavy atom. The highest BCUT2D eigenvalue weighted by Crippen LogP contribution is 2.35. The second-order valence-corrected chi connectivity index (χ2v) is 5.82. The van der Waals surface area contributed by atoms with Crippen LogP contribution in [0.2, 0.25) is 0 Å². The quantitative estimate of drug-likeness (QED) is 0.627. The Hall–Kier alpha value is -1.93. The van der Waals surface area contributed by atoms with Gasteiger partial charge in [-0.05, 0) is 17.5 Å². The van der Waals surface area contributed by atoms with E-state index in [1.165, 1.54) is 41.3 Å². The molecule has 0 aromatic carbocycles. The van der Waals surface area contributed by atoms with Crippen molar-refractivity contribution >= 4 is 23.1 Å². The molecule has 0 saturated heterocycles. The topological polar surface area (TPSA) is 86.3 Å². The number of rotatable bonds is 4. The molecule has 0 bridgehead atoms. The minimum Gasteiger partial charge on any atom is -0.259 e. The van der Waals surface area contributed by atoms with Gasteiger partial charge in [-0.15, -0.1) is 11.3 Å². The molecule has 2 rings (SSSR count). The van der Waals surface area contributed by atoms with E-state index in [1.807, 2.05) is 17.5 Å². The third-order valence-corrected chi connectivity index (χ3v) is 4.46. The van der Waals surface area contributed by atoms with Gasteiger partial charge in [0.05, 0.1) is 25.4 Å². The number of hydrogen-bond donors (Lipinski definition) is 0. The Balaban J connectivity index is 2.33. The van der Waals surface area contributed by atoms with Gasteiger partial charge in [-0.3, -0.25) is 20.2 Å². The molecule has 0 aliphatic heterocycles. The van der Waals surface area contributed by atoms with Crippen LogP contribution in [-0.4, -0.2) is 9.85 Å². The maximum Gasteiger partial charge on any atom is 0.266 e. The predicted molar refractivity (Wildman–Crippen MR) is 73.0 cm³/mol. The molecule has 0 spiro atoms. The van der Waals surface area contributed by atoms with Crippen molar-refractivity contribution in [1.82, 2.24) is 0 Å². The van der Waals surface area contributed by atoms with Gasteiger partial charge < -0.3 is 0 Å². The van der Waals surface area contributed by atoms with Crippen molar-refractivity contribution in [1.29, 1.82) is 0 Å². The maximum atomic E-state index is 11.0. The number of allylic oxidation sites excluding steroid dienone is 3. The predicted octanol–water partition coefficient (Wildman–Crippen LogP) is 3.45. The molecule has 8 heteroatoms. The lowest BCUT2D eigenvalue weighted by Crippen LogP contribution is -2.00. The lowest BCUT2D eigenvalue weighted by molar-refractivity contribution is -0.428. The van der Waals surface area contributed by atoms with Crippen molar-refractivity contribution < 1.29 is 9.85 Å². The van der Waals surface area contributed by atoms with E-state index in [4.69, 9.17) is 0 Å². The molecule has 1 aromatic heterocycles. The highest BCUT2D eigenvalue weighted by molar-refractivity contribution is 8.05. The number of hydrogen-bond acceptors (Lipinski definition) is 6. The number of thiophene rings is 1. The summed E-state index contributed by atoms with van der Waals surface area (Å²) in [5.74, 6) is 0. The molecule has 0 N–H and O–H groups in total. The summed E-state index contributed by atoms with van der Waals surface area (Å²) in [4.78, 5) is 21.1. The number of thioether (sulfide) groups is 1. The van der Waals surface area contributed by atoms with Crippen LogP contribution in [0.25, 0.3) is 0 Å². The van der Waals surface area contributed by atoms with Crippen molar-refractivity contribution in [2.24, 2.45) is 0 Å². The Bertz CT molecular complexity index is 602. The van der Waals surface area contributed by atoms with Crippen LogP contribution in [-0.2, 0) is 0 Å². The molecule has 1 aromatic rings. The van der Waals surface area contributed by atoms with Crippen molar-refractivity contribution in [2.45, 2.75) is 10.6 Å². The Labute approximate surface area is 116 Å².